The summed E-state index contributed by atoms with van der Waals surface area (Å²) in [5, 5.41) is 0. The summed E-state index contributed by atoms with van der Waals surface area (Å²) in [5.41, 5.74) is 6.63. The standard InChI is InChI=1S/C12H20N4/c1-10-8-12(15-9-14-10)16-6-3-11(2-5-13)4-7-16/h8-9,11H,2-7,13H2,1H3. The van der Waals surface area contributed by atoms with Gasteiger partial charge in [0.1, 0.15) is 12.1 Å². The maximum atomic E-state index is 5.59. The molecule has 88 valence electrons. The van der Waals surface area contributed by atoms with Crippen LogP contribution in [-0.2, 0) is 0 Å². The summed E-state index contributed by atoms with van der Waals surface area (Å²) in [4.78, 5) is 10.8. The van der Waals surface area contributed by atoms with E-state index in [1.54, 1.807) is 6.33 Å². The van der Waals surface area contributed by atoms with Gasteiger partial charge in [0.15, 0.2) is 0 Å². The van der Waals surface area contributed by atoms with Gasteiger partial charge in [-0.1, -0.05) is 0 Å². The Kier molecular flexibility index (Phi) is 3.72. The number of aryl methyl sites for hydroxylation is 1. The molecular weight excluding hydrogens is 200 g/mol. The van der Waals surface area contributed by atoms with Crippen molar-refractivity contribution in [3.8, 4) is 0 Å². The number of hydrogen-bond donors (Lipinski definition) is 1. The van der Waals surface area contributed by atoms with Crippen LogP contribution in [0.2, 0.25) is 0 Å². The minimum Gasteiger partial charge on any atom is -0.356 e. The van der Waals surface area contributed by atoms with Crippen molar-refractivity contribution < 1.29 is 0 Å². The molecule has 0 saturated carbocycles. The van der Waals surface area contributed by atoms with Crippen molar-refractivity contribution in [3.05, 3.63) is 18.1 Å². The van der Waals surface area contributed by atoms with Gasteiger partial charge < -0.3 is 10.6 Å². The molecule has 16 heavy (non-hydrogen) atoms. The third kappa shape index (κ3) is 2.70. The molecule has 4 nitrogen and oxygen atoms in total. The van der Waals surface area contributed by atoms with E-state index in [4.69, 9.17) is 5.73 Å². The summed E-state index contributed by atoms with van der Waals surface area (Å²) in [5.74, 6) is 1.88. The molecule has 2 heterocycles. The molecule has 0 aliphatic carbocycles. The average molecular weight is 220 g/mol. The number of hydrogen-bond acceptors (Lipinski definition) is 4. The fourth-order valence-corrected chi connectivity index (χ4v) is 2.30. The van der Waals surface area contributed by atoms with Crippen LogP contribution in [0.5, 0.6) is 0 Å². The highest BCUT2D eigenvalue weighted by Crippen LogP contribution is 2.23. The Morgan fingerprint density at radius 1 is 1.38 bits per heavy atom. The zero-order chi connectivity index (χ0) is 11.4. The van der Waals surface area contributed by atoms with Crippen molar-refractivity contribution in [1.82, 2.24) is 9.97 Å². The van der Waals surface area contributed by atoms with Gasteiger partial charge in [0.05, 0.1) is 0 Å². The van der Waals surface area contributed by atoms with E-state index in [0.29, 0.717) is 0 Å². The van der Waals surface area contributed by atoms with E-state index < -0.39 is 0 Å². The van der Waals surface area contributed by atoms with Crippen molar-refractivity contribution in [2.75, 3.05) is 24.5 Å². The van der Waals surface area contributed by atoms with Crippen molar-refractivity contribution in [1.29, 1.82) is 0 Å². The normalized spacial score (nSPS) is 17.8. The molecule has 0 radical (unpaired) electrons. The molecule has 0 spiro atoms. The molecule has 0 amide bonds. The molecule has 0 unspecified atom stereocenters. The van der Waals surface area contributed by atoms with Crippen LogP contribution in [0.4, 0.5) is 5.82 Å². The minimum atomic E-state index is 0.809. The molecular formula is C12H20N4. The predicted octanol–water partition coefficient (Wildman–Crippen LogP) is 1.35. The van der Waals surface area contributed by atoms with Gasteiger partial charge in [-0.15, -0.1) is 0 Å². The van der Waals surface area contributed by atoms with Gasteiger partial charge in [-0.3, -0.25) is 0 Å². The quantitative estimate of drug-likeness (QED) is 0.835. The SMILES string of the molecule is Cc1cc(N2CCC(CCN)CC2)ncn1. The average Bonchev–Trinajstić information content (AvgIpc) is 2.30. The number of aromatic nitrogens is 2. The topological polar surface area (TPSA) is 55.0 Å². The fourth-order valence-electron chi connectivity index (χ4n) is 2.30. The van der Waals surface area contributed by atoms with Crippen LogP contribution < -0.4 is 10.6 Å². The Bertz CT molecular complexity index is 332. The summed E-state index contributed by atoms with van der Waals surface area (Å²) in [7, 11) is 0. The molecule has 2 rings (SSSR count). The number of rotatable bonds is 3. The van der Waals surface area contributed by atoms with Crippen molar-refractivity contribution in [2.24, 2.45) is 11.7 Å². The zero-order valence-electron chi connectivity index (χ0n) is 9.89. The van der Waals surface area contributed by atoms with E-state index in [2.05, 4.69) is 20.9 Å². The Hall–Kier alpha value is -1.16. The van der Waals surface area contributed by atoms with Crippen LogP contribution in [-0.4, -0.2) is 29.6 Å². The lowest BCUT2D eigenvalue weighted by atomic mass is 9.94. The second kappa shape index (κ2) is 5.25. The first-order chi connectivity index (χ1) is 7.79. The first-order valence-electron chi connectivity index (χ1n) is 6.03. The second-order valence-electron chi connectivity index (χ2n) is 4.53. The van der Waals surface area contributed by atoms with E-state index in [9.17, 15) is 0 Å². The third-order valence-electron chi connectivity index (χ3n) is 3.30. The van der Waals surface area contributed by atoms with Crippen LogP contribution >= 0.6 is 0 Å². The summed E-state index contributed by atoms with van der Waals surface area (Å²) in [6.07, 6.45) is 5.29. The molecule has 1 aliphatic heterocycles. The smallest absolute Gasteiger partial charge is 0.132 e. The molecule has 4 heteroatoms. The highest BCUT2D eigenvalue weighted by Gasteiger charge is 2.19. The van der Waals surface area contributed by atoms with Crippen LogP contribution in [0.1, 0.15) is 25.0 Å². The monoisotopic (exact) mass is 220 g/mol. The van der Waals surface area contributed by atoms with Gasteiger partial charge in [0, 0.05) is 24.8 Å². The first kappa shape index (κ1) is 11.3. The molecule has 1 fully saturated rings. The van der Waals surface area contributed by atoms with Gasteiger partial charge in [0.25, 0.3) is 0 Å². The molecule has 2 N–H and O–H groups in total. The van der Waals surface area contributed by atoms with Crippen LogP contribution in [0, 0.1) is 12.8 Å². The van der Waals surface area contributed by atoms with Crippen molar-refractivity contribution >= 4 is 5.82 Å². The Morgan fingerprint density at radius 2 is 2.12 bits per heavy atom. The summed E-state index contributed by atoms with van der Waals surface area (Å²) >= 11 is 0. The van der Waals surface area contributed by atoms with E-state index in [-0.39, 0.29) is 0 Å². The van der Waals surface area contributed by atoms with Crippen molar-refractivity contribution in [2.45, 2.75) is 26.2 Å². The molecule has 1 aliphatic rings. The minimum absolute atomic E-state index is 0.809. The summed E-state index contributed by atoms with van der Waals surface area (Å²) in [6.45, 7) is 5.02. The van der Waals surface area contributed by atoms with Gasteiger partial charge in [-0.05, 0) is 38.6 Å². The Balaban J connectivity index is 1.94. The summed E-state index contributed by atoms with van der Waals surface area (Å²) < 4.78 is 0. The zero-order valence-corrected chi connectivity index (χ0v) is 9.89. The second-order valence-corrected chi connectivity index (χ2v) is 4.53. The van der Waals surface area contributed by atoms with E-state index >= 15 is 0 Å². The molecule has 0 atom stereocenters. The van der Waals surface area contributed by atoms with Crippen LogP contribution in [0.15, 0.2) is 12.4 Å². The molecule has 0 aromatic carbocycles. The lowest BCUT2D eigenvalue weighted by molar-refractivity contribution is 0.385. The molecule has 0 bridgehead atoms. The number of anilines is 1. The van der Waals surface area contributed by atoms with Crippen LogP contribution in [0.25, 0.3) is 0 Å². The maximum absolute atomic E-state index is 5.59. The number of nitrogens with two attached hydrogens (primary N) is 1. The molecule has 1 aromatic rings. The Labute approximate surface area is 96.9 Å². The van der Waals surface area contributed by atoms with E-state index in [0.717, 1.165) is 43.5 Å². The lowest BCUT2D eigenvalue weighted by Gasteiger charge is -2.32. The predicted molar refractivity (Wildman–Crippen MR) is 65.4 cm³/mol. The van der Waals surface area contributed by atoms with E-state index in [1.165, 1.54) is 12.8 Å². The van der Waals surface area contributed by atoms with E-state index in [1.807, 2.05) is 6.92 Å². The maximum Gasteiger partial charge on any atom is 0.132 e. The van der Waals surface area contributed by atoms with Gasteiger partial charge in [-0.25, -0.2) is 9.97 Å². The van der Waals surface area contributed by atoms with Gasteiger partial charge in [0.2, 0.25) is 0 Å². The van der Waals surface area contributed by atoms with Crippen molar-refractivity contribution in [3.63, 3.8) is 0 Å². The molecule has 1 saturated heterocycles. The number of piperidine rings is 1. The lowest BCUT2D eigenvalue weighted by Crippen LogP contribution is -2.34. The highest BCUT2D eigenvalue weighted by atomic mass is 15.2. The van der Waals surface area contributed by atoms with Crippen LogP contribution in [0.3, 0.4) is 0 Å². The largest absolute Gasteiger partial charge is 0.356 e. The highest BCUT2D eigenvalue weighted by molar-refractivity contribution is 5.38. The first-order valence-corrected chi connectivity index (χ1v) is 6.03. The molecule has 1 aromatic heterocycles. The van der Waals surface area contributed by atoms with Gasteiger partial charge in [-0.2, -0.15) is 0 Å². The van der Waals surface area contributed by atoms with Gasteiger partial charge >= 0.3 is 0 Å². The Morgan fingerprint density at radius 3 is 2.75 bits per heavy atom. The fraction of sp³-hybridized carbons (Fsp3) is 0.667. The third-order valence-corrected chi connectivity index (χ3v) is 3.30. The number of nitrogens with zero attached hydrogens (tertiary/aromatic N) is 3. The summed E-state index contributed by atoms with van der Waals surface area (Å²) in [6, 6.07) is 2.06.